The molecule has 2 N–H and O–H groups in total. The van der Waals surface area contributed by atoms with Gasteiger partial charge in [0.25, 0.3) is 0 Å². The molecule has 182 valence electrons. The lowest BCUT2D eigenvalue weighted by Gasteiger charge is -2.28. The third-order valence-corrected chi connectivity index (χ3v) is 6.56. The molecule has 11 nitrogen and oxygen atoms in total. The van der Waals surface area contributed by atoms with E-state index in [1.807, 2.05) is 0 Å². The SMILES string of the molecule is [B][C@@H]1O[C@H](COP(O)(=S)O[C@@H]2C(OCCOC)[C@H]([B])O[C@@H]2CO)[C@H](OC)C1OCCOC. The van der Waals surface area contributed by atoms with Crippen LogP contribution in [0.25, 0.3) is 0 Å². The fraction of sp³-hybridized carbons (Fsp3) is 1.00. The number of methoxy groups -OCH3 is 3. The lowest BCUT2D eigenvalue weighted by molar-refractivity contribution is -0.0618. The number of hydrogen-bond donors (Lipinski definition) is 2. The Labute approximate surface area is 196 Å². The van der Waals surface area contributed by atoms with Crippen LogP contribution < -0.4 is 0 Å². The molecule has 0 aliphatic carbocycles. The van der Waals surface area contributed by atoms with E-state index in [9.17, 15) is 10.00 Å². The Hall–Kier alpha value is 0.340. The molecular weight excluding hydrogens is 465 g/mol. The maximum Gasteiger partial charge on any atom is 0.325 e. The van der Waals surface area contributed by atoms with Gasteiger partial charge in [-0.2, -0.15) is 0 Å². The fourth-order valence-corrected chi connectivity index (χ4v) is 4.91. The Bertz CT molecular complexity index is 595. The van der Waals surface area contributed by atoms with E-state index in [0.29, 0.717) is 19.8 Å². The molecule has 2 heterocycles. The molecule has 0 saturated carbocycles. The minimum atomic E-state index is -3.81. The highest BCUT2D eigenvalue weighted by molar-refractivity contribution is 8.07. The zero-order valence-electron chi connectivity index (χ0n) is 18.4. The van der Waals surface area contributed by atoms with E-state index >= 15 is 0 Å². The summed E-state index contributed by atoms with van der Waals surface area (Å²) in [6.07, 6.45) is -4.36. The van der Waals surface area contributed by atoms with Crippen LogP contribution in [-0.2, 0) is 54.0 Å². The van der Waals surface area contributed by atoms with Crippen molar-refractivity contribution in [2.24, 2.45) is 0 Å². The van der Waals surface area contributed by atoms with Crippen molar-refractivity contribution in [1.82, 2.24) is 0 Å². The molecule has 2 rings (SSSR count). The van der Waals surface area contributed by atoms with Gasteiger partial charge in [0, 0.05) is 33.3 Å². The molecule has 3 unspecified atom stereocenters. The summed E-state index contributed by atoms with van der Waals surface area (Å²) < 4.78 is 48.9. The Morgan fingerprint density at radius 1 is 0.844 bits per heavy atom. The summed E-state index contributed by atoms with van der Waals surface area (Å²) >= 11 is 5.15. The molecule has 2 saturated heterocycles. The molecule has 15 heteroatoms. The van der Waals surface area contributed by atoms with Gasteiger partial charge >= 0.3 is 6.72 Å². The van der Waals surface area contributed by atoms with Gasteiger partial charge in [-0.1, -0.05) is 0 Å². The van der Waals surface area contributed by atoms with Crippen molar-refractivity contribution in [2.75, 3.05) is 61.0 Å². The summed E-state index contributed by atoms with van der Waals surface area (Å²) in [5.74, 6) is 0. The molecule has 4 radical (unpaired) electrons. The Morgan fingerprint density at radius 3 is 1.88 bits per heavy atom. The van der Waals surface area contributed by atoms with Gasteiger partial charge in [0.15, 0.2) is 0 Å². The van der Waals surface area contributed by atoms with E-state index in [1.165, 1.54) is 14.2 Å². The summed E-state index contributed by atoms with van der Waals surface area (Å²) in [6, 6.07) is -1.65. The normalized spacial score (nSPS) is 37.0. The van der Waals surface area contributed by atoms with Crippen molar-refractivity contribution in [3.05, 3.63) is 0 Å². The van der Waals surface area contributed by atoms with Crippen molar-refractivity contribution in [3.63, 3.8) is 0 Å². The van der Waals surface area contributed by atoms with Crippen LogP contribution in [-0.4, -0.2) is 135 Å². The predicted molar refractivity (Wildman–Crippen MR) is 117 cm³/mol. The fourth-order valence-electron chi connectivity index (χ4n) is 3.47. The number of aliphatic hydroxyl groups is 1. The van der Waals surface area contributed by atoms with Crippen LogP contribution in [0, 0.1) is 0 Å². The summed E-state index contributed by atoms with van der Waals surface area (Å²) in [5.41, 5.74) is 0. The highest BCUT2D eigenvalue weighted by Gasteiger charge is 2.47. The molecule has 0 aromatic heterocycles. The van der Waals surface area contributed by atoms with Gasteiger partial charge < -0.3 is 47.7 Å². The molecule has 2 fully saturated rings. The van der Waals surface area contributed by atoms with Crippen molar-refractivity contribution in [3.8, 4) is 0 Å². The standard InChI is InChI=1S/C17H31B2O11PS/c1-22-4-6-25-14-12(24-3)11(29-16(14)18)9-27-31(21,32)30-13-10(8-20)28-17(19)15(13)26-7-5-23-2/h10-17,20H,4-9H2,1-3H3,(H,21,32)/t10-,11-,12+,13+,14?,15?,16-,17-,31?/m1/s1. The zero-order valence-corrected chi connectivity index (χ0v) is 20.2. The van der Waals surface area contributed by atoms with Gasteiger partial charge in [-0.3, -0.25) is 4.52 Å². The summed E-state index contributed by atoms with van der Waals surface area (Å²) in [7, 11) is 16.5. The number of aliphatic hydroxyl groups excluding tert-OH is 1. The molecule has 9 atom stereocenters. The quantitative estimate of drug-likeness (QED) is 0.155. The van der Waals surface area contributed by atoms with Crippen LogP contribution >= 0.6 is 6.72 Å². The Kier molecular flexibility index (Phi) is 12.5. The van der Waals surface area contributed by atoms with E-state index in [0.717, 1.165) is 0 Å². The highest BCUT2D eigenvalue weighted by atomic mass is 32.5. The zero-order chi connectivity index (χ0) is 23.7. The van der Waals surface area contributed by atoms with Gasteiger partial charge in [0.05, 0.1) is 39.6 Å². The van der Waals surface area contributed by atoms with E-state index < -0.39 is 62.0 Å². The number of hydrogen-bond acceptors (Lipinski definition) is 11. The van der Waals surface area contributed by atoms with E-state index in [1.54, 1.807) is 7.11 Å². The smallest absolute Gasteiger partial charge is 0.325 e. The second-order valence-electron chi connectivity index (χ2n) is 7.15. The average molecular weight is 496 g/mol. The minimum Gasteiger partial charge on any atom is -0.394 e. The van der Waals surface area contributed by atoms with Gasteiger partial charge in [-0.05, 0) is 11.8 Å². The van der Waals surface area contributed by atoms with Crippen LogP contribution in [0.2, 0.25) is 0 Å². The first-order chi connectivity index (χ1) is 15.3. The highest BCUT2D eigenvalue weighted by Crippen LogP contribution is 2.48. The lowest BCUT2D eigenvalue weighted by atomic mass is 9.93. The molecule has 0 aromatic carbocycles. The first-order valence-corrected chi connectivity index (χ1v) is 12.7. The molecule has 0 bridgehead atoms. The van der Waals surface area contributed by atoms with Crippen LogP contribution in [0.15, 0.2) is 0 Å². The topological polar surface area (TPSA) is 124 Å². The first-order valence-electron chi connectivity index (χ1n) is 10.1. The van der Waals surface area contributed by atoms with Crippen LogP contribution in [0.4, 0.5) is 0 Å². The monoisotopic (exact) mass is 496 g/mol. The molecule has 2 aliphatic heterocycles. The third kappa shape index (κ3) is 7.94. The molecule has 32 heavy (non-hydrogen) atoms. The van der Waals surface area contributed by atoms with Crippen molar-refractivity contribution in [2.45, 2.75) is 48.6 Å². The van der Waals surface area contributed by atoms with Crippen LogP contribution in [0.5, 0.6) is 0 Å². The van der Waals surface area contributed by atoms with Crippen molar-refractivity contribution < 1.29 is 52.2 Å². The van der Waals surface area contributed by atoms with Gasteiger partial charge in [-0.25, -0.2) is 0 Å². The number of ether oxygens (including phenoxy) is 7. The Morgan fingerprint density at radius 2 is 1.38 bits per heavy atom. The molecule has 2 aliphatic rings. The largest absolute Gasteiger partial charge is 0.394 e. The maximum atomic E-state index is 10.6. The summed E-state index contributed by atoms with van der Waals surface area (Å²) in [4.78, 5) is 10.6. The van der Waals surface area contributed by atoms with Gasteiger partial charge in [0.2, 0.25) is 0 Å². The van der Waals surface area contributed by atoms with E-state index in [4.69, 9.17) is 69.7 Å². The lowest BCUT2D eigenvalue weighted by Crippen LogP contribution is -2.40. The summed E-state index contributed by atoms with van der Waals surface area (Å²) in [6.45, 7) is -3.17. The minimum absolute atomic E-state index is 0.164. The van der Waals surface area contributed by atoms with Crippen molar-refractivity contribution >= 4 is 34.2 Å². The van der Waals surface area contributed by atoms with Gasteiger partial charge in [0.1, 0.15) is 52.3 Å². The van der Waals surface area contributed by atoms with E-state index in [-0.39, 0.29) is 13.2 Å². The molecule has 0 spiro atoms. The van der Waals surface area contributed by atoms with Gasteiger partial charge in [-0.15, -0.1) is 0 Å². The summed E-state index contributed by atoms with van der Waals surface area (Å²) in [5, 5.41) is 9.60. The van der Waals surface area contributed by atoms with Crippen molar-refractivity contribution in [1.29, 1.82) is 0 Å². The van der Waals surface area contributed by atoms with Crippen LogP contribution in [0.1, 0.15) is 0 Å². The molecule has 0 amide bonds. The molecular formula is C17H31B2O11PS. The predicted octanol–water partition coefficient (Wildman–Crippen LogP) is -1.54. The second-order valence-corrected chi connectivity index (χ2v) is 9.94. The number of rotatable bonds is 15. The van der Waals surface area contributed by atoms with E-state index in [2.05, 4.69) is 0 Å². The second kappa shape index (κ2) is 14.0. The first kappa shape index (κ1) is 28.6. The third-order valence-electron chi connectivity index (χ3n) is 5.00. The average Bonchev–Trinajstić information content (AvgIpc) is 3.22. The maximum absolute atomic E-state index is 10.6. The van der Waals surface area contributed by atoms with Crippen LogP contribution in [0.3, 0.4) is 0 Å². The Balaban J connectivity index is 1.95. The molecule has 0 aromatic rings.